The molecule has 0 amide bonds. The summed E-state index contributed by atoms with van der Waals surface area (Å²) in [6, 6.07) is 8.36. The number of halogens is 2. The minimum absolute atomic E-state index is 0. The molecular formula is C12H18BrClN2. The maximum Gasteiger partial charge on any atom is 0.101 e. The van der Waals surface area contributed by atoms with Crippen LogP contribution < -0.4 is 5.32 Å². The maximum absolute atomic E-state index is 4.43. The Morgan fingerprint density at radius 1 is 1.25 bits per heavy atom. The van der Waals surface area contributed by atoms with Crippen molar-refractivity contribution in [2.24, 2.45) is 4.99 Å². The summed E-state index contributed by atoms with van der Waals surface area (Å²) in [5.41, 5.74) is 1.28. The summed E-state index contributed by atoms with van der Waals surface area (Å²) in [4.78, 5) is 4.43. The van der Waals surface area contributed by atoms with Gasteiger partial charge in [-0.1, -0.05) is 28.1 Å². The Bertz CT molecular complexity index is 322. The Kier molecular flexibility index (Phi) is 8.30. The molecule has 0 aliphatic rings. The van der Waals surface area contributed by atoms with Crippen LogP contribution in [0.25, 0.3) is 0 Å². The second kappa shape index (κ2) is 8.59. The third kappa shape index (κ3) is 5.52. The van der Waals surface area contributed by atoms with Crippen molar-refractivity contribution in [3.05, 3.63) is 34.3 Å². The van der Waals surface area contributed by atoms with Gasteiger partial charge in [0.25, 0.3) is 0 Å². The second-order valence-electron chi connectivity index (χ2n) is 3.25. The van der Waals surface area contributed by atoms with Gasteiger partial charge in [0.15, 0.2) is 0 Å². The molecule has 1 rings (SSSR count). The van der Waals surface area contributed by atoms with E-state index in [4.69, 9.17) is 0 Å². The van der Waals surface area contributed by atoms with Crippen molar-refractivity contribution in [1.29, 1.82) is 0 Å². The number of aliphatic imine (C=N–C) groups is 1. The third-order valence-electron chi connectivity index (χ3n) is 2.01. The topological polar surface area (TPSA) is 24.4 Å². The summed E-state index contributed by atoms with van der Waals surface area (Å²) in [6.07, 6.45) is 0.884. The molecule has 4 heteroatoms. The van der Waals surface area contributed by atoms with E-state index < -0.39 is 0 Å². The molecule has 0 bridgehead atoms. The summed E-state index contributed by atoms with van der Waals surface area (Å²) in [6.45, 7) is 5.90. The highest BCUT2D eigenvalue weighted by molar-refractivity contribution is 9.10. The molecule has 0 fully saturated rings. The number of nitrogens with one attached hydrogen (secondary N) is 1. The zero-order chi connectivity index (χ0) is 11.1. The van der Waals surface area contributed by atoms with Crippen LogP contribution in [0.2, 0.25) is 0 Å². The van der Waals surface area contributed by atoms with Gasteiger partial charge in [0, 0.05) is 24.0 Å². The lowest BCUT2D eigenvalue weighted by Crippen LogP contribution is -2.25. The normalized spacial score (nSPS) is 10.8. The number of hydrogen-bond donors (Lipinski definition) is 1. The van der Waals surface area contributed by atoms with Crippen molar-refractivity contribution < 1.29 is 0 Å². The molecule has 0 aliphatic heterocycles. The van der Waals surface area contributed by atoms with Crippen LogP contribution in [-0.4, -0.2) is 18.9 Å². The first-order valence-corrected chi connectivity index (χ1v) is 6.07. The molecule has 0 heterocycles. The van der Waals surface area contributed by atoms with Gasteiger partial charge in [0.1, 0.15) is 5.84 Å². The molecule has 1 aromatic rings. The van der Waals surface area contributed by atoms with E-state index in [1.54, 1.807) is 0 Å². The number of benzene rings is 1. The first kappa shape index (κ1) is 15.5. The minimum atomic E-state index is 0. The van der Waals surface area contributed by atoms with Crippen LogP contribution in [0.3, 0.4) is 0 Å². The Labute approximate surface area is 112 Å². The Morgan fingerprint density at radius 3 is 2.38 bits per heavy atom. The van der Waals surface area contributed by atoms with Gasteiger partial charge in [0.2, 0.25) is 0 Å². The van der Waals surface area contributed by atoms with Gasteiger partial charge in [-0.05, 0) is 31.5 Å². The molecule has 1 aromatic carbocycles. The van der Waals surface area contributed by atoms with E-state index in [1.165, 1.54) is 5.56 Å². The lowest BCUT2D eigenvalue weighted by molar-refractivity contribution is 0.922. The molecule has 1 N–H and O–H groups in total. The molecule has 0 unspecified atom stereocenters. The summed E-state index contributed by atoms with van der Waals surface area (Å²) < 4.78 is 1.11. The van der Waals surface area contributed by atoms with Crippen LogP contribution >= 0.6 is 28.3 Å². The molecule has 0 radical (unpaired) electrons. The van der Waals surface area contributed by atoms with E-state index in [2.05, 4.69) is 64.4 Å². The molecule has 0 saturated carbocycles. The van der Waals surface area contributed by atoms with E-state index >= 15 is 0 Å². The van der Waals surface area contributed by atoms with Crippen molar-refractivity contribution in [2.75, 3.05) is 13.1 Å². The Balaban J connectivity index is 0.00000225. The molecule has 90 valence electrons. The average Bonchev–Trinajstić information content (AvgIpc) is 2.22. The fraction of sp³-hybridized carbons (Fsp3) is 0.417. The molecule has 0 aromatic heterocycles. The monoisotopic (exact) mass is 304 g/mol. The van der Waals surface area contributed by atoms with Crippen LogP contribution in [0.4, 0.5) is 0 Å². The number of amidine groups is 1. The molecule has 0 saturated heterocycles. The first-order chi connectivity index (χ1) is 7.26. The molecular weight excluding hydrogens is 288 g/mol. The van der Waals surface area contributed by atoms with Crippen LogP contribution in [0.5, 0.6) is 0 Å². The van der Waals surface area contributed by atoms with Crippen LogP contribution in [-0.2, 0) is 6.42 Å². The highest BCUT2D eigenvalue weighted by Gasteiger charge is 1.99. The van der Waals surface area contributed by atoms with Crippen molar-refractivity contribution in [3.8, 4) is 0 Å². The van der Waals surface area contributed by atoms with Crippen LogP contribution in [0.1, 0.15) is 19.4 Å². The van der Waals surface area contributed by atoms with Gasteiger partial charge in [0.05, 0.1) is 0 Å². The SMILES string of the molecule is CCN=C(Cc1ccc(Br)cc1)NCC.Cl. The summed E-state index contributed by atoms with van der Waals surface area (Å²) in [7, 11) is 0. The highest BCUT2D eigenvalue weighted by atomic mass is 79.9. The van der Waals surface area contributed by atoms with Crippen LogP contribution in [0.15, 0.2) is 33.7 Å². The predicted octanol–water partition coefficient (Wildman–Crippen LogP) is 3.44. The molecule has 0 spiro atoms. The van der Waals surface area contributed by atoms with Crippen molar-refractivity contribution in [1.82, 2.24) is 5.32 Å². The largest absolute Gasteiger partial charge is 0.374 e. The fourth-order valence-corrected chi connectivity index (χ4v) is 1.63. The predicted molar refractivity (Wildman–Crippen MR) is 76.7 cm³/mol. The average molecular weight is 306 g/mol. The van der Waals surface area contributed by atoms with Gasteiger partial charge in [-0.25, -0.2) is 0 Å². The highest BCUT2D eigenvalue weighted by Crippen LogP contribution is 2.10. The number of hydrogen-bond acceptors (Lipinski definition) is 1. The van der Waals surface area contributed by atoms with Crippen molar-refractivity contribution in [2.45, 2.75) is 20.3 Å². The quantitative estimate of drug-likeness (QED) is 0.669. The molecule has 16 heavy (non-hydrogen) atoms. The number of nitrogens with zero attached hydrogens (tertiary/aromatic N) is 1. The molecule has 0 aliphatic carbocycles. The van der Waals surface area contributed by atoms with E-state index in [0.717, 1.165) is 29.8 Å². The van der Waals surface area contributed by atoms with E-state index in [9.17, 15) is 0 Å². The maximum atomic E-state index is 4.43. The Morgan fingerprint density at radius 2 is 1.88 bits per heavy atom. The van der Waals surface area contributed by atoms with Gasteiger partial charge in [-0.15, -0.1) is 12.4 Å². The second-order valence-corrected chi connectivity index (χ2v) is 4.17. The Hall–Kier alpha value is -0.540. The minimum Gasteiger partial charge on any atom is -0.374 e. The summed E-state index contributed by atoms with van der Waals surface area (Å²) in [5, 5.41) is 3.28. The van der Waals surface area contributed by atoms with Crippen LogP contribution in [0, 0.1) is 0 Å². The van der Waals surface area contributed by atoms with Gasteiger partial charge >= 0.3 is 0 Å². The van der Waals surface area contributed by atoms with E-state index in [1.807, 2.05) is 0 Å². The van der Waals surface area contributed by atoms with Gasteiger partial charge in [-0.3, -0.25) is 4.99 Å². The van der Waals surface area contributed by atoms with Gasteiger partial charge < -0.3 is 5.32 Å². The van der Waals surface area contributed by atoms with Crippen molar-refractivity contribution in [3.63, 3.8) is 0 Å². The molecule has 0 atom stereocenters. The summed E-state index contributed by atoms with van der Waals surface area (Å²) in [5.74, 6) is 1.07. The lowest BCUT2D eigenvalue weighted by atomic mass is 10.1. The van der Waals surface area contributed by atoms with E-state index in [0.29, 0.717) is 0 Å². The third-order valence-corrected chi connectivity index (χ3v) is 2.54. The first-order valence-electron chi connectivity index (χ1n) is 5.28. The standard InChI is InChI=1S/C12H17BrN2.ClH/c1-3-14-12(15-4-2)9-10-5-7-11(13)8-6-10;/h5-8H,3-4,9H2,1-2H3,(H,14,15);1H. The molecule has 2 nitrogen and oxygen atoms in total. The lowest BCUT2D eigenvalue weighted by Gasteiger charge is -2.07. The number of rotatable bonds is 4. The van der Waals surface area contributed by atoms with Crippen molar-refractivity contribution >= 4 is 34.2 Å². The smallest absolute Gasteiger partial charge is 0.101 e. The fourth-order valence-electron chi connectivity index (χ4n) is 1.36. The van der Waals surface area contributed by atoms with E-state index in [-0.39, 0.29) is 12.4 Å². The zero-order valence-corrected chi connectivity index (χ0v) is 12.1. The van der Waals surface area contributed by atoms with Gasteiger partial charge in [-0.2, -0.15) is 0 Å². The summed E-state index contributed by atoms with van der Waals surface area (Å²) >= 11 is 3.43. The number of likely N-dealkylation sites (N-methyl/N-ethyl adjacent to an activating group) is 1. The zero-order valence-electron chi connectivity index (χ0n) is 9.66.